The van der Waals surface area contributed by atoms with Crippen LogP contribution in [0.1, 0.15) is 36.0 Å². The van der Waals surface area contributed by atoms with Crippen LogP contribution in [-0.4, -0.2) is 33.4 Å². The minimum atomic E-state index is -0.120. The number of hydrogen-bond donors (Lipinski definition) is 2. The summed E-state index contributed by atoms with van der Waals surface area (Å²) in [6, 6.07) is 7.92. The van der Waals surface area contributed by atoms with Crippen LogP contribution in [0.4, 0.5) is 4.79 Å². The molecule has 7 heteroatoms. The van der Waals surface area contributed by atoms with Crippen LogP contribution in [0.15, 0.2) is 24.3 Å². The monoisotopic (exact) mass is 345 g/mol. The van der Waals surface area contributed by atoms with Gasteiger partial charge < -0.3 is 15.2 Å². The molecule has 0 spiro atoms. The first-order valence-corrected chi connectivity index (χ1v) is 8.79. The molecule has 4 rings (SSSR count). The van der Waals surface area contributed by atoms with Gasteiger partial charge in [-0.1, -0.05) is 23.7 Å². The van der Waals surface area contributed by atoms with Crippen LogP contribution >= 0.6 is 11.6 Å². The van der Waals surface area contributed by atoms with E-state index in [0.29, 0.717) is 18.9 Å². The molecule has 1 saturated carbocycles. The first kappa shape index (κ1) is 15.4. The van der Waals surface area contributed by atoms with Crippen LogP contribution < -0.4 is 10.6 Å². The van der Waals surface area contributed by atoms with Gasteiger partial charge in [-0.05, 0) is 30.5 Å². The Labute approximate surface area is 145 Å². The van der Waals surface area contributed by atoms with E-state index in [-0.39, 0.29) is 12.1 Å². The molecule has 1 aliphatic heterocycles. The third kappa shape index (κ3) is 3.24. The molecule has 2 aliphatic rings. The molecule has 1 aromatic carbocycles. The van der Waals surface area contributed by atoms with Gasteiger partial charge in [-0.3, -0.25) is 0 Å². The highest BCUT2D eigenvalue weighted by Crippen LogP contribution is 2.41. The molecule has 2 aromatic rings. The summed E-state index contributed by atoms with van der Waals surface area (Å²) in [4.78, 5) is 12.0. The van der Waals surface area contributed by atoms with Gasteiger partial charge in [0.05, 0.1) is 0 Å². The number of aryl methyl sites for hydroxylation is 1. The van der Waals surface area contributed by atoms with E-state index in [1.165, 1.54) is 5.56 Å². The van der Waals surface area contributed by atoms with E-state index < -0.39 is 0 Å². The van der Waals surface area contributed by atoms with E-state index in [2.05, 4.69) is 31.5 Å². The summed E-state index contributed by atoms with van der Waals surface area (Å²) in [5, 5.41) is 15.0. The molecule has 2 atom stereocenters. The summed E-state index contributed by atoms with van der Waals surface area (Å²) in [5.74, 6) is 2.40. The average Bonchev–Trinajstić information content (AvgIpc) is 2.99. The molecule has 126 valence electrons. The van der Waals surface area contributed by atoms with Crippen LogP contribution in [0, 0.1) is 0 Å². The molecule has 0 bridgehead atoms. The summed E-state index contributed by atoms with van der Waals surface area (Å²) in [7, 11) is 0. The van der Waals surface area contributed by atoms with Gasteiger partial charge in [0.25, 0.3) is 0 Å². The molecule has 24 heavy (non-hydrogen) atoms. The maximum absolute atomic E-state index is 12.0. The minimum Gasteiger partial charge on any atom is -0.338 e. The number of amides is 2. The molecule has 2 N–H and O–H groups in total. The van der Waals surface area contributed by atoms with Gasteiger partial charge in [-0.2, -0.15) is 0 Å². The van der Waals surface area contributed by atoms with Gasteiger partial charge >= 0.3 is 6.03 Å². The summed E-state index contributed by atoms with van der Waals surface area (Å²) >= 11 is 6.02. The van der Waals surface area contributed by atoms with Crippen molar-refractivity contribution in [3.63, 3.8) is 0 Å². The van der Waals surface area contributed by atoms with Gasteiger partial charge in [-0.15, -0.1) is 10.2 Å². The number of hydrogen-bond acceptors (Lipinski definition) is 3. The fourth-order valence-electron chi connectivity index (χ4n) is 3.36. The van der Waals surface area contributed by atoms with Crippen LogP contribution in [-0.2, 0) is 19.4 Å². The molecule has 0 radical (unpaired) electrons. The lowest BCUT2D eigenvalue weighted by Gasteiger charge is -2.08. The Balaban J connectivity index is 1.22. The Hall–Kier alpha value is -2.08. The molecule has 1 fully saturated rings. The van der Waals surface area contributed by atoms with Crippen molar-refractivity contribution in [1.82, 2.24) is 25.4 Å². The van der Waals surface area contributed by atoms with Gasteiger partial charge in [0.1, 0.15) is 11.6 Å². The largest absolute Gasteiger partial charge is 0.338 e. The summed E-state index contributed by atoms with van der Waals surface area (Å²) < 4.78 is 2.16. The normalized spacial score (nSPS) is 21.4. The molecular formula is C17H20ClN5O. The van der Waals surface area contributed by atoms with Crippen molar-refractivity contribution in [3.05, 3.63) is 46.5 Å². The predicted molar refractivity (Wildman–Crippen MR) is 91.2 cm³/mol. The Kier molecular flexibility index (Phi) is 4.14. The number of aromatic nitrogens is 3. The number of nitrogens with one attached hydrogen (secondary N) is 2. The highest BCUT2D eigenvalue weighted by Gasteiger charge is 2.39. The van der Waals surface area contributed by atoms with E-state index in [9.17, 15) is 4.79 Å². The van der Waals surface area contributed by atoms with Crippen molar-refractivity contribution >= 4 is 17.6 Å². The van der Waals surface area contributed by atoms with Crippen molar-refractivity contribution in [3.8, 4) is 0 Å². The first-order valence-electron chi connectivity index (χ1n) is 8.41. The molecule has 1 aromatic heterocycles. The fraction of sp³-hybridized carbons (Fsp3) is 0.471. The highest BCUT2D eigenvalue weighted by atomic mass is 35.5. The quantitative estimate of drug-likeness (QED) is 0.873. The molecule has 0 saturated heterocycles. The Morgan fingerprint density at radius 3 is 3.17 bits per heavy atom. The van der Waals surface area contributed by atoms with E-state index in [1.807, 2.05) is 18.2 Å². The lowest BCUT2D eigenvalue weighted by atomic mass is 10.1. The van der Waals surface area contributed by atoms with Gasteiger partial charge in [0.2, 0.25) is 0 Å². The second kappa shape index (κ2) is 6.43. The third-order valence-corrected chi connectivity index (χ3v) is 4.94. The summed E-state index contributed by atoms with van der Waals surface area (Å²) in [6.07, 6.45) is 3.82. The van der Waals surface area contributed by atoms with Crippen molar-refractivity contribution < 1.29 is 4.79 Å². The number of carbonyl (C=O) groups excluding carboxylic acids is 1. The standard InChI is InChI=1S/C17H20ClN5O/c18-12-4-1-3-11(9-12)13-10-14(13)20-17(24)19-7-6-16-22-21-15-5-2-8-23(15)16/h1,3-4,9,13-14H,2,5-8,10H2,(H2,19,20,24). The van der Waals surface area contributed by atoms with Crippen LogP contribution in [0.3, 0.4) is 0 Å². The molecule has 2 amide bonds. The van der Waals surface area contributed by atoms with Crippen molar-refractivity contribution in [2.24, 2.45) is 0 Å². The molecule has 2 unspecified atom stereocenters. The summed E-state index contributed by atoms with van der Waals surface area (Å²) in [5.41, 5.74) is 1.19. The Morgan fingerprint density at radius 2 is 2.29 bits per heavy atom. The van der Waals surface area contributed by atoms with E-state index >= 15 is 0 Å². The number of nitrogens with zero attached hydrogens (tertiary/aromatic N) is 3. The zero-order valence-corrected chi connectivity index (χ0v) is 14.1. The molecular weight excluding hydrogens is 326 g/mol. The molecule has 1 aliphatic carbocycles. The molecule has 2 heterocycles. The van der Waals surface area contributed by atoms with E-state index in [0.717, 1.165) is 42.5 Å². The third-order valence-electron chi connectivity index (χ3n) is 4.70. The maximum atomic E-state index is 12.0. The lowest BCUT2D eigenvalue weighted by Crippen LogP contribution is -2.38. The maximum Gasteiger partial charge on any atom is 0.315 e. The highest BCUT2D eigenvalue weighted by molar-refractivity contribution is 6.30. The molecule has 6 nitrogen and oxygen atoms in total. The fourth-order valence-corrected chi connectivity index (χ4v) is 3.56. The van der Waals surface area contributed by atoms with Crippen LogP contribution in [0.5, 0.6) is 0 Å². The smallest absolute Gasteiger partial charge is 0.315 e. The lowest BCUT2D eigenvalue weighted by molar-refractivity contribution is 0.240. The van der Waals surface area contributed by atoms with Gasteiger partial charge in [-0.25, -0.2) is 4.79 Å². The number of urea groups is 1. The van der Waals surface area contributed by atoms with Crippen molar-refractivity contribution in [2.45, 2.75) is 44.2 Å². The second-order valence-corrected chi connectivity index (χ2v) is 6.88. The van der Waals surface area contributed by atoms with Crippen molar-refractivity contribution in [1.29, 1.82) is 0 Å². The number of fused-ring (bicyclic) bond motifs is 1. The summed E-state index contributed by atoms with van der Waals surface area (Å²) in [6.45, 7) is 1.56. The van der Waals surface area contributed by atoms with Crippen molar-refractivity contribution in [2.75, 3.05) is 6.54 Å². The zero-order valence-electron chi connectivity index (χ0n) is 13.3. The van der Waals surface area contributed by atoms with Crippen LogP contribution in [0.25, 0.3) is 0 Å². The zero-order chi connectivity index (χ0) is 16.5. The number of rotatable bonds is 5. The Bertz CT molecular complexity index is 759. The number of carbonyl (C=O) groups is 1. The van der Waals surface area contributed by atoms with Gasteiger partial charge in [0.15, 0.2) is 0 Å². The average molecular weight is 346 g/mol. The predicted octanol–water partition coefficient (Wildman–Crippen LogP) is 2.28. The van der Waals surface area contributed by atoms with E-state index in [4.69, 9.17) is 11.6 Å². The van der Waals surface area contributed by atoms with Crippen LogP contribution in [0.2, 0.25) is 5.02 Å². The van der Waals surface area contributed by atoms with Gasteiger partial charge in [0, 0.05) is 42.9 Å². The Morgan fingerprint density at radius 1 is 1.38 bits per heavy atom. The topological polar surface area (TPSA) is 71.8 Å². The number of halogens is 1. The van der Waals surface area contributed by atoms with E-state index in [1.54, 1.807) is 0 Å². The minimum absolute atomic E-state index is 0.120. The first-order chi connectivity index (χ1) is 11.7. The SMILES string of the molecule is O=C(NCCc1nnc2n1CCC2)NC1CC1c1cccc(Cl)c1. The number of benzene rings is 1. The second-order valence-electron chi connectivity index (χ2n) is 6.44.